The monoisotopic (exact) mass is 251 g/mol. The van der Waals surface area contributed by atoms with Gasteiger partial charge in [0.2, 0.25) is 0 Å². The molecule has 0 N–H and O–H groups in total. The van der Waals surface area contributed by atoms with Crippen molar-refractivity contribution in [1.82, 2.24) is 0 Å². The first-order valence-electron chi connectivity index (χ1n) is 5.76. The maximum Gasteiger partial charge on any atom is 0.277 e. The van der Waals surface area contributed by atoms with Crippen LogP contribution in [-0.2, 0) is 0 Å². The summed E-state index contributed by atoms with van der Waals surface area (Å²) < 4.78 is 0. The number of benzene rings is 2. The lowest BCUT2D eigenvalue weighted by molar-refractivity contribution is -0.384. The van der Waals surface area contributed by atoms with Crippen LogP contribution in [0.15, 0.2) is 36.4 Å². The molecule has 19 heavy (non-hydrogen) atoms. The molecule has 0 saturated carbocycles. The first-order chi connectivity index (χ1) is 9.20. The van der Waals surface area contributed by atoms with E-state index in [4.69, 9.17) is 0 Å². The fraction of sp³-hybridized carbons (Fsp3) is 0. The molecule has 0 heterocycles. The Morgan fingerprint density at radius 3 is 2.42 bits per heavy atom. The van der Waals surface area contributed by atoms with Gasteiger partial charge in [-0.05, 0) is 22.8 Å². The van der Waals surface area contributed by atoms with Gasteiger partial charge < -0.3 is 0 Å². The van der Waals surface area contributed by atoms with Crippen LogP contribution in [0.1, 0.15) is 21.5 Å². The Kier molecular flexibility index (Phi) is 2.49. The Morgan fingerprint density at radius 2 is 1.84 bits per heavy atom. The van der Waals surface area contributed by atoms with Crippen LogP contribution >= 0.6 is 0 Å². The Bertz CT molecular complexity index is 732. The summed E-state index contributed by atoms with van der Waals surface area (Å²) in [5.41, 5.74) is 3.50. The molecule has 0 aromatic heterocycles. The highest BCUT2D eigenvalue weighted by Gasteiger charge is 2.20. The van der Waals surface area contributed by atoms with Crippen LogP contribution in [0.2, 0.25) is 0 Å². The van der Waals surface area contributed by atoms with E-state index in [1.807, 2.05) is 24.3 Å². The average molecular weight is 251 g/mol. The minimum atomic E-state index is -0.461. The summed E-state index contributed by atoms with van der Waals surface area (Å²) in [6, 6.07) is 10.1. The Morgan fingerprint density at radius 1 is 1.05 bits per heavy atom. The Labute approximate surface area is 109 Å². The van der Waals surface area contributed by atoms with E-state index in [0.717, 1.165) is 11.1 Å². The van der Waals surface area contributed by atoms with E-state index in [1.54, 1.807) is 12.1 Å². The fourth-order valence-corrected chi connectivity index (χ4v) is 2.23. The van der Waals surface area contributed by atoms with E-state index < -0.39 is 4.92 Å². The van der Waals surface area contributed by atoms with Gasteiger partial charge in [0.25, 0.3) is 5.69 Å². The molecule has 92 valence electrons. The summed E-state index contributed by atoms with van der Waals surface area (Å²) in [4.78, 5) is 21.7. The first-order valence-corrected chi connectivity index (χ1v) is 5.76. The van der Waals surface area contributed by atoms with Crippen molar-refractivity contribution in [2.75, 3.05) is 0 Å². The van der Waals surface area contributed by atoms with Crippen molar-refractivity contribution in [3.05, 3.63) is 63.2 Å². The van der Waals surface area contributed by atoms with Crippen molar-refractivity contribution in [1.29, 1.82) is 0 Å². The van der Waals surface area contributed by atoms with Gasteiger partial charge in [-0.2, -0.15) is 0 Å². The predicted molar refractivity (Wildman–Crippen MR) is 72.8 cm³/mol. The molecule has 0 spiro atoms. The van der Waals surface area contributed by atoms with Crippen LogP contribution in [0.3, 0.4) is 0 Å². The smallest absolute Gasteiger partial charge is 0.277 e. The second kappa shape index (κ2) is 4.17. The number of rotatable bonds is 3. The molecule has 0 bridgehead atoms. The molecule has 0 unspecified atom stereocenters. The number of nitro benzene ring substituents is 1. The van der Waals surface area contributed by atoms with Crippen LogP contribution in [0, 0.1) is 10.1 Å². The molecule has 0 radical (unpaired) electrons. The van der Waals surface area contributed by atoms with Crippen LogP contribution in [-0.4, -0.2) is 11.2 Å². The Hall–Kier alpha value is -2.75. The normalized spacial score (nSPS) is 11.6. The van der Waals surface area contributed by atoms with Crippen LogP contribution < -0.4 is 0 Å². The maximum absolute atomic E-state index is 11.1. The lowest BCUT2D eigenvalue weighted by Crippen LogP contribution is -1.98. The molecule has 4 nitrogen and oxygen atoms in total. The van der Waals surface area contributed by atoms with E-state index in [2.05, 4.69) is 0 Å². The van der Waals surface area contributed by atoms with Crippen molar-refractivity contribution in [3.8, 4) is 11.1 Å². The fourth-order valence-electron chi connectivity index (χ4n) is 2.23. The van der Waals surface area contributed by atoms with E-state index in [1.165, 1.54) is 12.1 Å². The van der Waals surface area contributed by atoms with Gasteiger partial charge in [0.1, 0.15) is 0 Å². The largest absolute Gasteiger partial charge is 0.298 e. The topological polar surface area (TPSA) is 60.2 Å². The lowest BCUT2D eigenvalue weighted by Gasteiger charge is -2.13. The average Bonchev–Trinajstić information content (AvgIpc) is 2.39. The molecule has 3 rings (SSSR count). The minimum Gasteiger partial charge on any atom is -0.298 e. The van der Waals surface area contributed by atoms with Gasteiger partial charge in [0, 0.05) is 11.6 Å². The van der Waals surface area contributed by atoms with Gasteiger partial charge in [-0.25, -0.2) is 0 Å². The molecule has 0 aliphatic heterocycles. The summed E-state index contributed by atoms with van der Waals surface area (Å²) in [5.74, 6) is 0. The molecular weight excluding hydrogens is 242 g/mol. The van der Waals surface area contributed by atoms with E-state index in [-0.39, 0.29) is 5.69 Å². The standard InChI is InChI=1S/C15H9NO3/c17-9-13-2-1-3-14(16(18)19)15(13)12-7-5-10-4-6-11(10)8-12/h1-9H. The number of nitrogens with zero attached hydrogens (tertiary/aromatic N) is 1. The molecule has 0 amide bonds. The number of hydrogen-bond acceptors (Lipinski definition) is 3. The quantitative estimate of drug-likeness (QED) is 0.406. The highest BCUT2D eigenvalue weighted by atomic mass is 16.6. The second-order valence-corrected chi connectivity index (χ2v) is 4.29. The number of aldehydes is 1. The number of hydrogen-bond donors (Lipinski definition) is 0. The van der Waals surface area contributed by atoms with Gasteiger partial charge >= 0.3 is 0 Å². The van der Waals surface area contributed by atoms with Crippen molar-refractivity contribution < 1.29 is 9.72 Å². The third kappa shape index (κ3) is 1.74. The van der Waals surface area contributed by atoms with Crippen LogP contribution in [0.5, 0.6) is 0 Å². The maximum atomic E-state index is 11.1. The summed E-state index contributed by atoms with van der Waals surface area (Å²) in [7, 11) is 0. The number of carbonyl (C=O) groups is 1. The van der Waals surface area contributed by atoms with Crippen molar-refractivity contribution in [2.24, 2.45) is 0 Å². The van der Waals surface area contributed by atoms with Gasteiger partial charge in [-0.15, -0.1) is 0 Å². The predicted octanol–water partition coefficient (Wildman–Crippen LogP) is 3.56. The molecule has 2 aromatic carbocycles. The van der Waals surface area contributed by atoms with E-state index >= 15 is 0 Å². The minimum absolute atomic E-state index is 0.0483. The molecule has 0 fully saturated rings. The summed E-state index contributed by atoms with van der Waals surface area (Å²) >= 11 is 0. The zero-order valence-corrected chi connectivity index (χ0v) is 9.87. The van der Waals surface area contributed by atoms with E-state index in [0.29, 0.717) is 23.0 Å². The van der Waals surface area contributed by atoms with E-state index in [9.17, 15) is 14.9 Å². The first kappa shape index (κ1) is 11.3. The highest BCUT2D eigenvalue weighted by Crippen LogP contribution is 2.35. The number of fused-ring (bicyclic) bond motifs is 1. The second-order valence-electron chi connectivity index (χ2n) is 4.29. The van der Waals surface area contributed by atoms with Crippen molar-refractivity contribution in [2.45, 2.75) is 0 Å². The van der Waals surface area contributed by atoms with Crippen molar-refractivity contribution in [3.63, 3.8) is 0 Å². The molecular formula is C15H9NO3. The molecule has 4 heteroatoms. The van der Waals surface area contributed by atoms with Gasteiger partial charge in [0.05, 0.1) is 10.5 Å². The molecule has 0 atom stereocenters. The molecule has 1 aliphatic carbocycles. The number of carbonyl (C=O) groups excluding carboxylic acids is 1. The summed E-state index contributed by atoms with van der Waals surface area (Å²) in [5, 5.41) is 11.1. The molecule has 2 aromatic rings. The zero-order chi connectivity index (χ0) is 13.4. The van der Waals surface area contributed by atoms with Crippen molar-refractivity contribution >= 4 is 24.1 Å². The molecule has 1 aliphatic rings. The van der Waals surface area contributed by atoms with Gasteiger partial charge in [-0.1, -0.05) is 36.4 Å². The Balaban J connectivity index is 2.25. The molecule has 0 saturated heterocycles. The highest BCUT2D eigenvalue weighted by molar-refractivity contribution is 5.94. The third-order valence-electron chi connectivity index (χ3n) is 3.22. The SMILES string of the molecule is O=Cc1cccc([N+](=O)[O-])c1-c1ccc2c(c1)C=C2. The van der Waals surface area contributed by atoms with Crippen LogP contribution in [0.4, 0.5) is 5.69 Å². The number of nitro groups is 1. The summed E-state index contributed by atoms with van der Waals surface area (Å²) in [6.07, 6.45) is 4.56. The summed E-state index contributed by atoms with van der Waals surface area (Å²) in [6.45, 7) is 0. The lowest BCUT2D eigenvalue weighted by atomic mass is 9.91. The third-order valence-corrected chi connectivity index (χ3v) is 3.22. The van der Waals surface area contributed by atoms with Crippen LogP contribution in [0.25, 0.3) is 23.3 Å². The zero-order valence-electron chi connectivity index (χ0n) is 9.87. The van der Waals surface area contributed by atoms with Gasteiger partial charge in [-0.3, -0.25) is 14.9 Å². The van der Waals surface area contributed by atoms with Gasteiger partial charge in [0.15, 0.2) is 6.29 Å².